The van der Waals surface area contributed by atoms with Crippen molar-refractivity contribution in [3.8, 4) is 0 Å². The van der Waals surface area contributed by atoms with Crippen molar-refractivity contribution in [1.82, 2.24) is 20.9 Å². The third-order valence-corrected chi connectivity index (χ3v) is 4.52. The van der Waals surface area contributed by atoms with E-state index in [9.17, 15) is 18.4 Å². The van der Waals surface area contributed by atoms with Gasteiger partial charge in [0.2, 0.25) is 0 Å². The van der Waals surface area contributed by atoms with Crippen molar-refractivity contribution in [2.24, 2.45) is 0 Å². The van der Waals surface area contributed by atoms with Crippen molar-refractivity contribution >= 4 is 46.2 Å². The summed E-state index contributed by atoms with van der Waals surface area (Å²) in [6, 6.07) is 11.0. The van der Waals surface area contributed by atoms with Crippen LogP contribution in [-0.4, -0.2) is 45.9 Å². The van der Waals surface area contributed by atoms with E-state index in [1.807, 2.05) is 0 Å². The van der Waals surface area contributed by atoms with Crippen molar-refractivity contribution in [3.05, 3.63) is 71.3 Å². The van der Waals surface area contributed by atoms with Crippen LogP contribution in [0.25, 0.3) is 0 Å². The van der Waals surface area contributed by atoms with Crippen molar-refractivity contribution in [1.29, 1.82) is 0 Å². The van der Waals surface area contributed by atoms with Crippen LogP contribution < -0.4 is 10.9 Å². The minimum Gasteiger partial charge on any atom is -0.277 e. The van der Waals surface area contributed by atoms with Gasteiger partial charge in [-0.05, 0) is 24.3 Å². The van der Waals surface area contributed by atoms with Gasteiger partial charge >= 0.3 is 11.8 Å². The Labute approximate surface area is 171 Å². The van der Waals surface area contributed by atoms with E-state index in [0.29, 0.717) is 11.1 Å². The van der Waals surface area contributed by atoms with Crippen LogP contribution in [0, 0.1) is 11.6 Å². The minimum absolute atomic E-state index is 0.115. The third-order valence-electron chi connectivity index (χ3n) is 3.50. The number of halogens is 2. The minimum atomic E-state index is -1.02. The molecule has 2 amide bonds. The summed E-state index contributed by atoms with van der Waals surface area (Å²) < 4.78 is 26.6. The molecule has 0 saturated heterocycles. The lowest BCUT2D eigenvalue weighted by molar-refractivity contribution is -0.142. The first-order valence-electron chi connectivity index (χ1n) is 7.88. The van der Waals surface area contributed by atoms with Crippen LogP contribution in [0.2, 0.25) is 0 Å². The Morgan fingerprint density at radius 2 is 1.14 bits per heavy atom. The predicted octanol–water partition coefficient (Wildman–Crippen LogP) is 1.94. The molecule has 0 unspecified atom stereocenters. The quantitative estimate of drug-likeness (QED) is 0.438. The van der Waals surface area contributed by atoms with Gasteiger partial charge in [0.1, 0.15) is 21.6 Å². The number of amides is 2. The van der Waals surface area contributed by atoms with E-state index in [1.54, 1.807) is 12.1 Å². The van der Waals surface area contributed by atoms with Crippen LogP contribution >= 0.6 is 24.4 Å². The van der Waals surface area contributed by atoms with Crippen LogP contribution in [0.15, 0.2) is 48.5 Å². The molecule has 146 valence electrons. The first-order valence-corrected chi connectivity index (χ1v) is 8.69. The molecule has 0 saturated carbocycles. The van der Waals surface area contributed by atoms with Gasteiger partial charge in [0.05, 0.1) is 0 Å². The number of hydrogen-bond donors (Lipinski definition) is 2. The van der Waals surface area contributed by atoms with Gasteiger partial charge in [0.25, 0.3) is 0 Å². The van der Waals surface area contributed by atoms with E-state index >= 15 is 0 Å². The summed E-state index contributed by atoms with van der Waals surface area (Å²) in [7, 11) is 2.83. The van der Waals surface area contributed by atoms with Gasteiger partial charge in [-0.2, -0.15) is 0 Å². The lowest BCUT2D eigenvalue weighted by Crippen LogP contribution is -2.53. The maximum absolute atomic E-state index is 13.3. The van der Waals surface area contributed by atoms with E-state index in [4.69, 9.17) is 24.4 Å². The second kappa shape index (κ2) is 9.29. The average molecular weight is 422 g/mol. The number of nitrogens with one attached hydrogen (secondary N) is 2. The van der Waals surface area contributed by atoms with Gasteiger partial charge in [-0.15, -0.1) is 0 Å². The van der Waals surface area contributed by atoms with Crippen molar-refractivity contribution in [2.45, 2.75) is 0 Å². The molecule has 0 aromatic heterocycles. The Morgan fingerprint density at radius 3 is 1.46 bits per heavy atom. The van der Waals surface area contributed by atoms with E-state index in [2.05, 4.69) is 10.9 Å². The number of hydrogen-bond acceptors (Lipinski definition) is 4. The van der Waals surface area contributed by atoms with Gasteiger partial charge < -0.3 is 0 Å². The zero-order valence-electron chi connectivity index (χ0n) is 14.9. The zero-order valence-corrected chi connectivity index (χ0v) is 16.5. The smallest absolute Gasteiger partial charge is 0.277 e. The number of nitrogens with zero attached hydrogens (tertiary/aromatic N) is 2. The highest BCUT2D eigenvalue weighted by Gasteiger charge is 2.20. The van der Waals surface area contributed by atoms with Gasteiger partial charge in [0, 0.05) is 25.2 Å². The molecule has 0 aliphatic carbocycles. The normalized spacial score (nSPS) is 10.0. The molecule has 2 N–H and O–H groups in total. The van der Waals surface area contributed by atoms with Crippen molar-refractivity contribution < 1.29 is 18.4 Å². The van der Waals surface area contributed by atoms with E-state index in [1.165, 1.54) is 50.5 Å². The maximum atomic E-state index is 13.3. The first kappa shape index (κ1) is 21.3. The molecular weight excluding hydrogens is 406 g/mol. The van der Waals surface area contributed by atoms with E-state index in [-0.39, 0.29) is 9.98 Å². The topological polar surface area (TPSA) is 64.7 Å². The van der Waals surface area contributed by atoms with Crippen molar-refractivity contribution in [3.63, 3.8) is 0 Å². The summed E-state index contributed by atoms with van der Waals surface area (Å²) in [5.74, 6) is -3.00. The zero-order chi connectivity index (χ0) is 20.8. The second-order valence-corrected chi connectivity index (χ2v) is 6.40. The monoisotopic (exact) mass is 422 g/mol. The molecule has 6 nitrogen and oxygen atoms in total. The lowest BCUT2D eigenvalue weighted by atomic mass is 10.2. The molecular formula is C18H16F2N4O2S2. The number of benzene rings is 2. The number of carbonyl (C=O) groups excluding carboxylic acids is 2. The second-order valence-electron chi connectivity index (χ2n) is 5.63. The molecule has 2 aromatic rings. The molecule has 0 fully saturated rings. The fourth-order valence-electron chi connectivity index (χ4n) is 2.14. The largest absolute Gasteiger partial charge is 0.329 e. The van der Waals surface area contributed by atoms with Crippen LogP contribution in [-0.2, 0) is 9.59 Å². The Balaban J connectivity index is 1.95. The highest BCUT2D eigenvalue weighted by atomic mass is 32.1. The molecule has 0 aliphatic rings. The Bertz CT molecular complexity index is 864. The SMILES string of the molecule is CN(NC(=O)C(=O)NN(C)C(=S)c1cccc(F)c1)C(=S)c1cccc(F)c1. The predicted molar refractivity (Wildman–Crippen MR) is 108 cm³/mol. The summed E-state index contributed by atoms with van der Waals surface area (Å²) in [5, 5.41) is 2.24. The van der Waals surface area contributed by atoms with Crippen LogP contribution in [0.4, 0.5) is 8.78 Å². The third kappa shape index (κ3) is 5.51. The van der Waals surface area contributed by atoms with Crippen molar-refractivity contribution in [2.75, 3.05) is 14.1 Å². The molecule has 28 heavy (non-hydrogen) atoms. The van der Waals surface area contributed by atoms with E-state index < -0.39 is 23.4 Å². The van der Waals surface area contributed by atoms with Gasteiger partial charge in [-0.25, -0.2) is 8.78 Å². The van der Waals surface area contributed by atoms with Crippen LogP contribution in [0.5, 0.6) is 0 Å². The Hall–Kier alpha value is -2.98. The summed E-state index contributed by atoms with van der Waals surface area (Å²) >= 11 is 10.3. The molecule has 0 radical (unpaired) electrons. The summed E-state index contributed by atoms with van der Waals surface area (Å²) in [6.45, 7) is 0. The number of hydrazine groups is 2. The van der Waals surface area contributed by atoms with Crippen LogP contribution in [0.3, 0.4) is 0 Å². The molecule has 0 atom stereocenters. The average Bonchev–Trinajstić information content (AvgIpc) is 2.66. The fraction of sp³-hybridized carbons (Fsp3) is 0.111. The standard InChI is InChI=1S/C18H16F2N4O2S2/c1-23(17(27)11-5-3-7-13(19)9-11)21-15(25)16(26)22-24(2)18(28)12-6-4-8-14(20)10-12/h3-10H,1-2H3,(H,21,25)(H,22,26). The number of carbonyl (C=O) groups is 2. The molecule has 2 rings (SSSR count). The van der Waals surface area contributed by atoms with Crippen LogP contribution in [0.1, 0.15) is 11.1 Å². The molecule has 0 aliphatic heterocycles. The van der Waals surface area contributed by atoms with Gasteiger partial charge in [-0.1, -0.05) is 48.7 Å². The highest BCUT2D eigenvalue weighted by molar-refractivity contribution is 7.80. The highest BCUT2D eigenvalue weighted by Crippen LogP contribution is 2.08. The number of thiocarbonyl (C=S) groups is 2. The number of rotatable bonds is 2. The van der Waals surface area contributed by atoms with E-state index in [0.717, 1.165) is 10.0 Å². The summed E-state index contributed by atoms with van der Waals surface area (Å²) in [4.78, 5) is 24.4. The lowest BCUT2D eigenvalue weighted by Gasteiger charge is -2.23. The Kier molecular flexibility index (Phi) is 7.07. The summed E-state index contributed by atoms with van der Waals surface area (Å²) in [6.07, 6.45) is 0. The Morgan fingerprint density at radius 1 is 0.786 bits per heavy atom. The maximum Gasteiger partial charge on any atom is 0.329 e. The molecule has 2 aromatic carbocycles. The summed E-state index contributed by atoms with van der Waals surface area (Å²) in [5.41, 5.74) is 5.29. The van der Waals surface area contributed by atoms with Gasteiger partial charge in [-0.3, -0.25) is 30.5 Å². The molecule has 0 spiro atoms. The first-order chi connectivity index (χ1) is 13.2. The molecule has 0 heterocycles. The fourth-order valence-corrected chi connectivity index (χ4v) is 2.48. The molecule has 10 heteroatoms. The van der Waals surface area contributed by atoms with Gasteiger partial charge in [0.15, 0.2) is 0 Å². The molecule has 0 bridgehead atoms.